The summed E-state index contributed by atoms with van der Waals surface area (Å²) >= 11 is 0. The lowest BCUT2D eigenvalue weighted by Crippen LogP contribution is -2.68. The van der Waals surface area contributed by atoms with Crippen molar-refractivity contribution in [3.05, 3.63) is 145 Å². The number of hydrogen-bond acceptors (Lipinski definition) is 1. The van der Waals surface area contributed by atoms with Crippen molar-refractivity contribution < 1.29 is 4.57 Å². The Hall–Kier alpha value is -4.82. The molecule has 0 radical (unpaired) electrons. The number of aromatic nitrogens is 2. The van der Waals surface area contributed by atoms with Crippen molar-refractivity contribution in [2.45, 2.75) is 57.9 Å². The molecule has 0 fully saturated rings. The van der Waals surface area contributed by atoms with Crippen LogP contribution >= 0.6 is 0 Å². The third-order valence-corrected chi connectivity index (χ3v) is 10.7. The van der Waals surface area contributed by atoms with Crippen LogP contribution in [0.4, 0.5) is 0 Å². The lowest BCUT2D eigenvalue weighted by atomic mass is 9.58. The van der Waals surface area contributed by atoms with Crippen LogP contribution in [-0.2, 0) is 11.0 Å². The van der Waals surface area contributed by atoms with E-state index in [1.807, 2.05) is 18.5 Å². The molecule has 0 N–H and O–H groups in total. The van der Waals surface area contributed by atoms with Crippen molar-refractivity contribution in [2.24, 2.45) is 0 Å². The molecule has 0 bridgehead atoms. The molecular weight excluding hydrogens is 544 g/mol. The minimum atomic E-state index is 0.0335. The van der Waals surface area contributed by atoms with Crippen molar-refractivity contribution in [1.29, 1.82) is 0 Å². The van der Waals surface area contributed by atoms with Gasteiger partial charge < -0.3 is 0 Å². The van der Waals surface area contributed by atoms with Crippen LogP contribution in [0.1, 0.15) is 52.5 Å². The number of nitrogens with zero attached hydrogens (tertiary/aromatic N) is 2. The zero-order chi connectivity index (χ0) is 31.0. The van der Waals surface area contributed by atoms with Crippen LogP contribution in [0.15, 0.2) is 140 Å². The standard InChI is InChI=1S/C43H41N2/c1-5-42(4)40-22-21-34(29-39(40)41-20-11-12-24-45(41)43(42,6-2)7-3)32-17-13-18-33(25-32)37-26-36(31-15-9-8-10-16-31)27-38(28-37)35-19-14-23-44-30-35/h8-30H,5-7H2,1-4H3/q+1. The van der Waals surface area contributed by atoms with Crippen LogP contribution in [-0.4, -0.2) is 4.98 Å². The quantitative estimate of drug-likeness (QED) is 0.170. The first-order chi connectivity index (χ1) is 22.0. The van der Waals surface area contributed by atoms with Crippen molar-refractivity contribution in [3.63, 3.8) is 0 Å². The van der Waals surface area contributed by atoms with Crippen LogP contribution in [0.5, 0.6) is 0 Å². The van der Waals surface area contributed by atoms with Crippen LogP contribution in [0.2, 0.25) is 0 Å². The highest BCUT2D eigenvalue weighted by Gasteiger charge is 2.58. The first-order valence-electron chi connectivity index (χ1n) is 16.4. The van der Waals surface area contributed by atoms with E-state index in [0.29, 0.717) is 0 Å². The lowest BCUT2D eigenvalue weighted by Gasteiger charge is -2.47. The van der Waals surface area contributed by atoms with Gasteiger partial charge in [0.2, 0.25) is 5.69 Å². The lowest BCUT2D eigenvalue weighted by molar-refractivity contribution is -0.769. The number of rotatable bonds is 7. The number of benzene rings is 4. The molecule has 0 aliphatic carbocycles. The highest BCUT2D eigenvalue weighted by molar-refractivity contribution is 5.83. The van der Waals surface area contributed by atoms with Gasteiger partial charge in [0.25, 0.3) is 0 Å². The predicted octanol–water partition coefficient (Wildman–Crippen LogP) is 10.9. The van der Waals surface area contributed by atoms with Crippen LogP contribution in [0.25, 0.3) is 55.8 Å². The van der Waals surface area contributed by atoms with Gasteiger partial charge in [0.1, 0.15) is 0 Å². The fourth-order valence-corrected chi connectivity index (χ4v) is 8.03. The summed E-state index contributed by atoms with van der Waals surface area (Å²) in [7, 11) is 0. The molecule has 45 heavy (non-hydrogen) atoms. The molecule has 7 rings (SSSR count). The first kappa shape index (κ1) is 28.9. The average Bonchev–Trinajstić information content (AvgIpc) is 3.12. The summed E-state index contributed by atoms with van der Waals surface area (Å²) in [4.78, 5) is 4.41. The molecule has 3 heterocycles. The van der Waals surface area contributed by atoms with Gasteiger partial charge in [0, 0.05) is 42.9 Å². The van der Waals surface area contributed by atoms with Gasteiger partial charge in [-0.25, -0.2) is 0 Å². The monoisotopic (exact) mass is 585 g/mol. The van der Waals surface area contributed by atoms with E-state index >= 15 is 0 Å². The molecule has 1 atom stereocenters. The van der Waals surface area contributed by atoms with E-state index < -0.39 is 0 Å². The molecule has 6 aromatic rings. The maximum absolute atomic E-state index is 4.41. The summed E-state index contributed by atoms with van der Waals surface area (Å²) in [5.74, 6) is 0. The molecule has 1 unspecified atom stereocenters. The second kappa shape index (κ2) is 11.6. The van der Waals surface area contributed by atoms with Gasteiger partial charge in [-0.05, 0) is 100 Å². The molecule has 0 amide bonds. The smallest absolute Gasteiger partial charge is 0.213 e. The predicted molar refractivity (Wildman–Crippen MR) is 188 cm³/mol. The van der Waals surface area contributed by atoms with Gasteiger partial charge in [-0.15, -0.1) is 0 Å². The molecule has 2 heteroatoms. The Kier molecular flexibility index (Phi) is 7.45. The summed E-state index contributed by atoms with van der Waals surface area (Å²) in [5, 5.41) is 0. The Morgan fingerprint density at radius 3 is 1.82 bits per heavy atom. The second-order valence-corrected chi connectivity index (χ2v) is 12.6. The normalized spacial score (nSPS) is 16.5. The highest BCUT2D eigenvalue weighted by atomic mass is 15.1. The molecule has 0 saturated heterocycles. The van der Waals surface area contributed by atoms with Crippen molar-refractivity contribution >= 4 is 0 Å². The molecular formula is C43H41N2+. The van der Waals surface area contributed by atoms with Crippen molar-refractivity contribution in [3.8, 4) is 55.8 Å². The summed E-state index contributed by atoms with van der Waals surface area (Å²) in [6, 6.07) is 44.6. The second-order valence-electron chi connectivity index (χ2n) is 12.6. The highest BCUT2D eigenvalue weighted by Crippen LogP contribution is 2.51. The Labute approximate surface area is 268 Å². The van der Waals surface area contributed by atoms with Gasteiger partial charge in [-0.3, -0.25) is 4.98 Å². The molecule has 222 valence electrons. The van der Waals surface area contributed by atoms with Crippen LogP contribution < -0.4 is 4.57 Å². The minimum Gasteiger partial charge on any atom is -0.264 e. The van der Waals surface area contributed by atoms with Crippen molar-refractivity contribution in [2.75, 3.05) is 0 Å². The van der Waals surface area contributed by atoms with Crippen LogP contribution in [0, 0.1) is 0 Å². The fraction of sp³-hybridized carbons (Fsp3) is 0.209. The Morgan fingerprint density at radius 1 is 0.533 bits per heavy atom. The van der Waals surface area contributed by atoms with E-state index in [4.69, 9.17) is 0 Å². The van der Waals surface area contributed by atoms with E-state index in [-0.39, 0.29) is 11.0 Å². The number of pyridine rings is 2. The van der Waals surface area contributed by atoms with Crippen LogP contribution in [0.3, 0.4) is 0 Å². The van der Waals surface area contributed by atoms with Gasteiger partial charge in [-0.2, -0.15) is 4.57 Å². The Bertz CT molecular complexity index is 1910. The fourth-order valence-electron chi connectivity index (χ4n) is 8.03. The third-order valence-electron chi connectivity index (χ3n) is 10.7. The largest absolute Gasteiger partial charge is 0.264 e. The molecule has 1 aliphatic rings. The van der Waals surface area contributed by atoms with Gasteiger partial charge >= 0.3 is 0 Å². The Balaban J connectivity index is 1.36. The molecule has 4 aromatic carbocycles. The van der Waals surface area contributed by atoms with Crippen molar-refractivity contribution in [1.82, 2.24) is 4.98 Å². The molecule has 2 aromatic heterocycles. The summed E-state index contributed by atoms with van der Waals surface area (Å²) in [6.07, 6.45) is 9.38. The number of fused-ring (bicyclic) bond motifs is 3. The van der Waals surface area contributed by atoms with E-state index in [9.17, 15) is 0 Å². The Morgan fingerprint density at radius 2 is 1.13 bits per heavy atom. The zero-order valence-corrected chi connectivity index (χ0v) is 26.8. The summed E-state index contributed by atoms with van der Waals surface area (Å²) in [5.41, 5.74) is 13.8. The average molecular weight is 586 g/mol. The van der Waals surface area contributed by atoms with E-state index in [2.05, 4.69) is 159 Å². The van der Waals surface area contributed by atoms with Gasteiger partial charge in [-0.1, -0.05) is 87.5 Å². The SMILES string of the molecule is CCC1(C)c2ccc(-c3cccc(-c4cc(-c5ccccc5)cc(-c5cccnc5)c4)c3)cc2-c2cccc[n+]2C1(CC)CC. The summed E-state index contributed by atoms with van der Waals surface area (Å²) < 4.78 is 2.59. The van der Waals surface area contributed by atoms with Gasteiger partial charge in [0.15, 0.2) is 11.7 Å². The van der Waals surface area contributed by atoms with E-state index in [1.165, 1.54) is 55.8 Å². The maximum atomic E-state index is 4.41. The molecule has 1 aliphatic heterocycles. The minimum absolute atomic E-state index is 0.0335. The maximum Gasteiger partial charge on any atom is 0.213 e. The molecule has 0 saturated carbocycles. The topological polar surface area (TPSA) is 16.8 Å². The first-order valence-corrected chi connectivity index (χ1v) is 16.4. The summed E-state index contributed by atoms with van der Waals surface area (Å²) in [6.45, 7) is 9.57. The molecule has 0 spiro atoms. The molecule has 2 nitrogen and oxygen atoms in total. The number of hydrogen-bond donors (Lipinski definition) is 0. The zero-order valence-electron chi connectivity index (χ0n) is 26.8. The third kappa shape index (κ3) is 4.71. The van der Waals surface area contributed by atoms with E-state index in [1.54, 1.807) is 0 Å². The van der Waals surface area contributed by atoms with Gasteiger partial charge in [0.05, 0.1) is 11.0 Å². The van der Waals surface area contributed by atoms with E-state index in [0.717, 1.165) is 24.8 Å².